The monoisotopic (exact) mass is 264 g/mol. The highest BCUT2D eigenvalue weighted by atomic mass is 32.9. The third-order valence-corrected chi connectivity index (χ3v) is 6.98. The normalized spacial score (nSPS) is 10.4. The summed E-state index contributed by atoms with van der Waals surface area (Å²) in [6, 6.07) is 0. The Morgan fingerprint density at radius 3 is 1.33 bits per heavy atom. The Hall–Kier alpha value is -0.0000000000000000278. The molecule has 0 saturated heterocycles. The molecule has 0 fully saturated rings. The minimum absolute atomic E-state index is 1.11. The van der Waals surface area contributed by atoms with Crippen LogP contribution in [-0.4, -0.2) is 26.2 Å². The lowest BCUT2D eigenvalue weighted by Crippen LogP contribution is -2.28. The highest BCUT2D eigenvalue weighted by Gasteiger charge is 2.08. The molecule has 0 unspecified atom stereocenters. The highest BCUT2D eigenvalue weighted by molar-refractivity contribution is 7.72. The summed E-state index contributed by atoms with van der Waals surface area (Å²) < 4.78 is 7.76. The van der Waals surface area contributed by atoms with Crippen LogP contribution in [0, 0.1) is 0 Å². The summed E-state index contributed by atoms with van der Waals surface area (Å²) in [5.41, 5.74) is 0. The van der Waals surface area contributed by atoms with Crippen molar-refractivity contribution < 1.29 is 0 Å². The molecule has 0 aromatic carbocycles. The zero-order valence-corrected chi connectivity index (χ0v) is 12.4. The third-order valence-electron chi connectivity index (χ3n) is 2.40. The van der Waals surface area contributed by atoms with Crippen molar-refractivity contribution in [2.75, 3.05) is 26.2 Å². The molecule has 1 aromatic rings. The van der Waals surface area contributed by atoms with E-state index in [0.717, 1.165) is 26.2 Å². The topological polar surface area (TPSA) is 6.02 Å². The van der Waals surface area contributed by atoms with Crippen LogP contribution in [-0.2, 0) is 0 Å². The molecular weight excluding hydrogens is 244 g/mol. The molecule has 1 heterocycles. The van der Waals surface area contributed by atoms with Crippen LogP contribution in [0.2, 0.25) is 0 Å². The van der Waals surface area contributed by atoms with Gasteiger partial charge in [-0.25, -0.2) is 9.15 Å². The molecule has 0 radical (unpaired) electrons. The Morgan fingerprint density at radius 2 is 1.07 bits per heavy atom. The van der Waals surface area contributed by atoms with E-state index in [1.165, 1.54) is 7.97 Å². The second-order valence-electron chi connectivity index (χ2n) is 3.15. The van der Waals surface area contributed by atoms with Gasteiger partial charge in [0, 0.05) is 32.0 Å². The van der Waals surface area contributed by atoms with Crippen molar-refractivity contribution >= 4 is 32.0 Å². The van der Waals surface area contributed by atoms with Gasteiger partial charge in [-0.15, -0.1) is 0 Å². The Labute approximate surface area is 103 Å². The molecule has 0 atom stereocenters. The molecule has 0 N–H and O–H groups in total. The summed E-state index contributed by atoms with van der Waals surface area (Å²) in [4.78, 5) is 0. The van der Waals surface area contributed by atoms with Crippen molar-refractivity contribution in [1.82, 2.24) is 9.15 Å². The van der Waals surface area contributed by atoms with Crippen molar-refractivity contribution in [1.29, 1.82) is 0 Å². The van der Waals surface area contributed by atoms with Gasteiger partial charge in [-0.05, 0) is 27.7 Å². The maximum atomic E-state index is 2.43. The van der Waals surface area contributed by atoms with E-state index in [9.17, 15) is 0 Å². The van der Waals surface area contributed by atoms with Gasteiger partial charge in [0.25, 0.3) is 0 Å². The predicted octanol–water partition coefficient (Wildman–Crippen LogP) is 1.50. The summed E-state index contributed by atoms with van der Waals surface area (Å²) in [5.74, 6) is 0. The molecule has 0 aliphatic heterocycles. The molecule has 0 aliphatic carbocycles. The fourth-order valence-corrected chi connectivity index (χ4v) is 6.36. The van der Waals surface area contributed by atoms with E-state index in [2.05, 4.69) is 36.8 Å². The van der Waals surface area contributed by atoms with Gasteiger partial charge in [0.2, 0.25) is 0 Å². The molecule has 1 aromatic heterocycles. The molecule has 0 aliphatic rings. The molecule has 86 valence electrons. The van der Waals surface area contributed by atoms with Crippen molar-refractivity contribution in [3.63, 3.8) is 0 Å². The second kappa shape index (κ2) is 6.55. The van der Waals surface area contributed by atoms with E-state index in [4.69, 9.17) is 0 Å². The zero-order valence-electron chi connectivity index (χ0n) is 9.95. The van der Waals surface area contributed by atoms with Crippen molar-refractivity contribution in [2.45, 2.75) is 27.7 Å². The van der Waals surface area contributed by atoms with Crippen LogP contribution in [0.25, 0.3) is 0 Å². The average Bonchev–Trinajstić information content (AvgIpc) is 2.71. The molecule has 0 spiro atoms. The predicted molar refractivity (Wildman–Crippen MR) is 72.8 cm³/mol. The Kier molecular flexibility index (Phi) is 5.71. The first-order valence-corrected chi connectivity index (χ1v) is 8.49. The van der Waals surface area contributed by atoms with Crippen molar-refractivity contribution in [3.05, 3.63) is 7.97 Å². The van der Waals surface area contributed by atoms with Crippen molar-refractivity contribution in [2.24, 2.45) is 0 Å². The largest absolute Gasteiger partial charge is 0.330 e. The number of hydrogen-bond donors (Lipinski definition) is 0. The van der Waals surface area contributed by atoms with Gasteiger partial charge >= 0.3 is 7.97 Å². The minimum atomic E-state index is 1.11. The summed E-state index contributed by atoms with van der Waals surface area (Å²) in [6.07, 6.45) is 0. The molecule has 1 rings (SSSR count). The van der Waals surface area contributed by atoms with Crippen LogP contribution in [0.5, 0.6) is 0 Å². The van der Waals surface area contributed by atoms with E-state index >= 15 is 0 Å². The van der Waals surface area contributed by atoms with E-state index in [-0.39, 0.29) is 0 Å². The first kappa shape index (κ1) is 13.1. The lowest BCUT2D eigenvalue weighted by Gasteiger charge is -1.91. The van der Waals surface area contributed by atoms with Gasteiger partial charge < -0.3 is 0 Å². The van der Waals surface area contributed by atoms with Crippen molar-refractivity contribution in [3.8, 4) is 0 Å². The summed E-state index contributed by atoms with van der Waals surface area (Å²) in [6.45, 7) is 13.3. The summed E-state index contributed by atoms with van der Waals surface area (Å²) >= 11 is 1.94. The number of rotatable bonds is 4. The lowest BCUT2D eigenvalue weighted by molar-refractivity contribution is 0.639. The van der Waals surface area contributed by atoms with E-state index < -0.39 is 0 Å². The number of hydrogen-bond acceptors (Lipinski definition) is 3. The third kappa shape index (κ3) is 3.23. The number of nitrogens with zero attached hydrogens (tertiary/aromatic N) is 2. The standard InChI is InChI=1S/C10H20N2S3/c1-5-11(6-2)9-13-10(15-14-9)12(7-3)8-4/h5-8H2,1-4H3/q+2. The van der Waals surface area contributed by atoms with Crippen LogP contribution < -0.4 is 17.1 Å². The van der Waals surface area contributed by atoms with Gasteiger partial charge in [0.1, 0.15) is 26.2 Å². The Balaban J connectivity index is 3.30. The molecular formula is C10H20N2S3+2. The quantitative estimate of drug-likeness (QED) is 0.574. The van der Waals surface area contributed by atoms with Gasteiger partial charge in [-0.3, -0.25) is 0 Å². The molecule has 2 nitrogen and oxygen atoms in total. The van der Waals surface area contributed by atoms with E-state index in [0.29, 0.717) is 0 Å². The first-order valence-electron chi connectivity index (χ1n) is 5.52. The summed E-state index contributed by atoms with van der Waals surface area (Å²) in [5, 5.41) is 0. The highest BCUT2D eigenvalue weighted by Crippen LogP contribution is 1.95. The van der Waals surface area contributed by atoms with Gasteiger partial charge in [0.05, 0.1) is 0 Å². The van der Waals surface area contributed by atoms with Gasteiger partial charge in [-0.1, -0.05) is 0 Å². The van der Waals surface area contributed by atoms with Crippen LogP contribution >= 0.6 is 32.0 Å². The molecule has 0 amide bonds. The second-order valence-corrected chi connectivity index (χ2v) is 6.75. The van der Waals surface area contributed by atoms with Crippen LogP contribution in [0.3, 0.4) is 0 Å². The maximum Gasteiger partial charge on any atom is 0.330 e. The average molecular weight is 264 g/mol. The molecule has 5 heteroatoms. The zero-order chi connectivity index (χ0) is 11.3. The molecule has 15 heavy (non-hydrogen) atoms. The van der Waals surface area contributed by atoms with Gasteiger partial charge in [0.15, 0.2) is 0 Å². The van der Waals surface area contributed by atoms with Crippen LogP contribution in [0.1, 0.15) is 27.7 Å². The minimum Gasteiger partial charge on any atom is -0.212 e. The molecule has 0 bridgehead atoms. The SMILES string of the molecule is CC[N+](CC)=c1ssc(=[N+](CC)CC)s1. The van der Waals surface area contributed by atoms with Gasteiger partial charge in [-0.2, -0.15) is 0 Å². The summed E-state index contributed by atoms with van der Waals surface area (Å²) in [7, 11) is 3.82. The Morgan fingerprint density at radius 1 is 0.733 bits per heavy atom. The fourth-order valence-electron chi connectivity index (χ4n) is 1.38. The van der Waals surface area contributed by atoms with E-state index in [1.807, 2.05) is 32.0 Å². The maximum absolute atomic E-state index is 2.43. The van der Waals surface area contributed by atoms with Crippen LogP contribution in [0.4, 0.5) is 0 Å². The fraction of sp³-hybridized carbons (Fsp3) is 0.800. The van der Waals surface area contributed by atoms with E-state index in [1.54, 1.807) is 0 Å². The Bertz CT molecular complexity index is 372. The smallest absolute Gasteiger partial charge is 0.212 e. The molecule has 0 saturated carbocycles. The lowest BCUT2D eigenvalue weighted by atomic mass is 10.6. The first-order chi connectivity index (χ1) is 7.26. The van der Waals surface area contributed by atoms with Crippen LogP contribution in [0.15, 0.2) is 0 Å².